The van der Waals surface area contributed by atoms with Crippen molar-refractivity contribution in [2.75, 3.05) is 12.4 Å². The second-order valence-corrected chi connectivity index (χ2v) is 3.81. The van der Waals surface area contributed by atoms with E-state index in [1.54, 1.807) is 12.4 Å². The topological polar surface area (TPSA) is 53.6 Å². The van der Waals surface area contributed by atoms with Crippen LogP contribution in [0, 0.1) is 0 Å². The summed E-state index contributed by atoms with van der Waals surface area (Å²) in [4.78, 5) is 11.9. The maximum atomic E-state index is 4.54. The molecule has 0 unspecified atom stereocenters. The first-order chi connectivity index (χ1) is 8.36. The molecule has 4 nitrogen and oxygen atoms in total. The standard InChI is InChI=1S/C13H12N4/c1-14-10-4-5-11-12(7-10)17-13(16-11)9-3-2-6-15-8-9/h2-8,14H,1H3,(H,16,17). The van der Waals surface area contributed by atoms with Gasteiger partial charge in [-0.1, -0.05) is 0 Å². The molecule has 3 rings (SSSR count). The molecule has 0 bridgehead atoms. The first-order valence-corrected chi connectivity index (χ1v) is 5.45. The van der Waals surface area contributed by atoms with Crippen LogP contribution < -0.4 is 5.32 Å². The van der Waals surface area contributed by atoms with Gasteiger partial charge in [-0.3, -0.25) is 4.98 Å². The largest absolute Gasteiger partial charge is 0.388 e. The van der Waals surface area contributed by atoms with Gasteiger partial charge in [0.2, 0.25) is 0 Å². The number of benzene rings is 1. The quantitative estimate of drug-likeness (QED) is 0.703. The minimum Gasteiger partial charge on any atom is -0.388 e. The zero-order chi connectivity index (χ0) is 11.7. The fourth-order valence-electron chi connectivity index (χ4n) is 1.80. The highest BCUT2D eigenvalue weighted by atomic mass is 14.9. The summed E-state index contributed by atoms with van der Waals surface area (Å²) >= 11 is 0. The molecule has 4 heteroatoms. The summed E-state index contributed by atoms with van der Waals surface area (Å²) in [5, 5.41) is 3.11. The molecule has 2 N–H and O–H groups in total. The molecular weight excluding hydrogens is 212 g/mol. The Balaban J connectivity index is 2.14. The maximum absolute atomic E-state index is 4.54. The van der Waals surface area contributed by atoms with Crippen molar-refractivity contribution >= 4 is 16.7 Å². The van der Waals surface area contributed by atoms with Crippen LogP contribution in [0.5, 0.6) is 0 Å². The van der Waals surface area contributed by atoms with E-state index in [9.17, 15) is 0 Å². The molecule has 0 saturated heterocycles. The fraction of sp³-hybridized carbons (Fsp3) is 0.0769. The van der Waals surface area contributed by atoms with Crippen LogP contribution in [0.15, 0.2) is 42.7 Å². The lowest BCUT2D eigenvalue weighted by Crippen LogP contribution is -1.86. The molecule has 0 aliphatic rings. The van der Waals surface area contributed by atoms with Gasteiger partial charge >= 0.3 is 0 Å². The Morgan fingerprint density at radius 3 is 2.94 bits per heavy atom. The summed E-state index contributed by atoms with van der Waals surface area (Å²) in [5.74, 6) is 0.848. The summed E-state index contributed by atoms with van der Waals surface area (Å²) in [7, 11) is 1.90. The lowest BCUT2D eigenvalue weighted by Gasteiger charge is -1.97. The van der Waals surface area contributed by atoms with Crippen LogP contribution >= 0.6 is 0 Å². The number of anilines is 1. The Bertz CT molecular complexity index is 643. The normalized spacial score (nSPS) is 10.6. The Morgan fingerprint density at radius 2 is 2.18 bits per heavy atom. The molecule has 0 aliphatic heterocycles. The highest BCUT2D eigenvalue weighted by molar-refractivity contribution is 5.82. The lowest BCUT2D eigenvalue weighted by molar-refractivity contribution is 1.27. The number of pyridine rings is 1. The number of aromatic nitrogens is 3. The molecule has 0 saturated carbocycles. The number of fused-ring (bicyclic) bond motifs is 1. The van der Waals surface area contributed by atoms with Gasteiger partial charge in [0.25, 0.3) is 0 Å². The first-order valence-electron chi connectivity index (χ1n) is 5.45. The second kappa shape index (κ2) is 3.90. The predicted octanol–water partition coefficient (Wildman–Crippen LogP) is 2.67. The van der Waals surface area contributed by atoms with Gasteiger partial charge in [0.05, 0.1) is 11.0 Å². The SMILES string of the molecule is CNc1ccc2nc(-c3cccnc3)[nH]c2c1. The van der Waals surface area contributed by atoms with Gasteiger partial charge in [0, 0.05) is 30.7 Å². The van der Waals surface area contributed by atoms with E-state index in [1.165, 1.54) is 0 Å². The molecule has 0 spiro atoms. The minimum atomic E-state index is 0.848. The molecule has 1 aromatic carbocycles. The monoisotopic (exact) mass is 224 g/mol. The van der Waals surface area contributed by atoms with Gasteiger partial charge in [0.15, 0.2) is 0 Å². The van der Waals surface area contributed by atoms with Crippen LogP contribution in [0.4, 0.5) is 5.69 Å². The van der Waals surface area contributed by atoms with Crippen LogP contribution in [0.3, 0.4) is 0 Å². The second-order valence-electron chi connectivity index (χ2n) is 3.81. The minimum absolute atomic E-state index is 0.848. The van der Waals surface area contributed by atoms with E-state index in [1.807, 2.05) is 37.4 Å². The number of hydrogen-bond acceptors (Lipinski definition) is 3. The van der Waals surface area contributed by atoms with Crippen molar-refractivity contribution in [2.45, 2.75) is 0 Å². The van der Waals surface area contributed by atoms with Crippen molar-refractivity contribution in [3.8, 4) is 11.4 Å². The van der Waals surface area contributed by atoms with Gasteiger partial charge in [-0.15, -0.1) is 0 Å². The van der Waals surface area contributed by atoms with E-state index in [-0.39, 0.29) is 0 Å². The number of imidazole rings is 1. The summed E-state index contributed by atoms with van der Waals surface area (Å²) < 4.78 is 0. The number of H-pyrrole nitrogens is 1. The van der Waals surface area contributed by atoms with Crippen LogP contribution in [-0.2, 0) is 0 Å². The molecular formula is C13H12N4. The van der Waals surface area contributed by atoms with Crippen molar-refractivity contribution in [1.82, 2.24) is 15.0 Å². The highest BCUT2D eigenvalue weighted by Crippen LogP contribution is 2.21. The van der Waals surface area contributed by atoms with E-state index in [4.69, 9.17) is 0 Å². The molecule has 3 aromatic rings. The molecule has 0 aliphatic carbocycles. The summed E-state index contributed by atoms with van der Waals surface area (Å²) in [6, 6.07) is 9.95. The molecule has 0 amide bonds. The van der Waals surface area contributed by atoms with Crippen molar-refractivity contribution < 1.29 is 0 Å². The van der Waals surface area contributed by atoms with Gasteiger partial charge in [-0.25, -0.2) is 4.98 Å². The molecule has 84 valence electrons. The summed E-state index contributed by atoms with van der Waals surface area (Å²) in [6.45, 7) is 0. The first kappa shape index (κ1) is 9.84. The molecule has 2 heterocycles. The molecule has 0 radical (unpaired) electrons. The smallest absolute Gasteiger partial charge is 0.140 e. The van der Waals surface area contributed by atoms with Gasteiger partial charge in [0.1, 0.15) is 5.82 Å². The zero-order valence-electron chi connectivity index (χ0n) is 9.44. The van der Waals surface area contributed by atoms with E-state index < -0.39 is 0 Å². The average Bonchev–Trinajstić information content (AvgIpc) is 2.82. The van der Waals surface area contributed by atoms with Crippen LogP contribution in [0.1, 0.15) is 0 Å². The third-order valence-electron chi connectivity index (χ3n) is 2.71. The average molecular weight is 224 g/mol. The van der Waals surface area contributed by atoms with Gasteiger partial charge in [-0.05, 0) is 30.3 Å². The van der Waals surface area contributed by atoms with E-state index in [0.717, 1.165) is 28.1 Å². The van der Waals surface area contributed by atoms with Crippen molar-refractivity contribution in [3.63, 3.8) is 0 Å². The maximum Gasteiger partial charge on any atom is 0.140 e. The fourth-order valence-corrected chi connectivity index (χ4v) is 1.80. The van der Waals surface area contributed by atoms with Crippen molar-refractivity contribution in [3.05, 3.63) is 42.7 Å². The molecule has 17 heavy (non-hydrogen) atoms. The number of aromatic amines is 1. The van der Waals surface area contributed by atoms with Crippen LogP contribution in [0.2, 0.25) is 0 Å². The number of nitrogens with one attached hydrogen (secondary N) is 2. The molecule has 0 atom stereocenters. The summed E-state index contributed by atoms with van der Waals surface area (Å²) in [5.41, 5.74) is 4.05. The molecule has 0 fully saturated rings. The van der Waals surface area contributed by atoms with Crippen LogP contribution in [0.25, 0.3) is 22.4 Å². The van der Waals surface area contributed by atoms with Crippen molar-refractivity contribution in [1.29, 1.82) is 0 Å². The third kappa shape index (κ3) is 1.73. The van der Waals surface area contributed by atoms with Gasteiger partial charge < -0.3 is 10.3 Å². The molecule has 2 aromatic heterocycles. The highest BCUT2D eigenvalue weighted by Gasteiger charge is 2.05. The Labute approximate surface area is 98.7 Å². The predicted molar refractivity (Wildman–Crippen MR) is 68.9 cm³/mol. The Kier molecular flexibility index (Phi) is 2.26. The summed E-state index contributed by atoms with van der Waals surface area (Å²) in [6.07, 6.45) is 3.56. The Morgan fingerprint density at radius 1 is 1.24 bits per heavy atom. The van der Waals surface area contributed by atoms with E-state index in [0.29, 0.717) is 0 Å². The van der Waals surface area contributed by atoms with E-state index >= 15 is 0 Å². The number of hydrogen-bond donors (Lipinski definition) is 2. The zero-order valence-corrected chi connectivity index (χ0v) is 9.44. The number of rotatable bonds is 2. The third-order valence-corrected chi connectivity index (χ3v) is 2.71. The van der Waals surface area contributed by atoms with E-state index in [2.05, 4.69) is 20.3 Å². The van der Waals surface area contributed by atoms with Crippen LogP contribution in [-0.4, -0.2) is 22.0 Å². The lowest BCUT2D eigenvalue weighted by atomic mass is 10.3. The Hall–Kier alpha value is -2.36. The van der Waals surface area contributed by atoms with Gasteiger partial charge in [-0.2, -0.15) is 0 Å². The van der Waals surface area contributed by atoms with Crippen molar-refractivity contribution in [2.24, 2.45) is 0 Å². The number of nitrogens with zero attached hydrogens (tertiary/aromatic N) is 2.